The lowest BCUT2D eigenvalue weighted by atomic mass is 9.86. The van der Waals surface area contributed by atoms with Crippen molar-refractivity contribution < 1.29 is 14.3 Å². The number of ketones is 1. The van der Waals surface area contributed by atoms with Crippen molar-refractivity contribution in [2.45, 2.75) is 70.6 Å². The zero-order valence-electron chi connectivity index (χ0n) is 24.6. The van der Waals surface area contributed by atoms with E-state index in [4.69, 9.17) is 4.74 Å². The summed E-state index contributed by atoms with van der Waals surface area (Å²) in [5.74, 6) is 1.31. The van der Waals surface area contributed by atoms with E-state index in [1.165, 1.54) is 18.4 Å². The van der Waals surface area contributed by atoms with Crippen LogP contribution >= 0.6 is 0 Å². The largest absolute Gasteiger partial charge is 0.495 e. The fourth-order valence-electron chi connectivity index (χ4n) is 7.18. The molecule has 3 atom stereocenters. The summed E-state index contributed by atoms with van der Waals surface area (Å²) in [6, 6.07) is 20.8. The first-order valence-corrected chi connectivity index (χ1v) is 15.2. The van der Waals surface area contributed by atoms with Crippen molar-refractivity contribution in [1.82, 2.24) is 19.8 Å². The number of nitrogens with zero attached hydrogens (tertiary/aromatic N) is 3. The number of aryl methyl sites for hydroxylation is 2. The number of nitrogens with one attached hydrogen (secondary N) is 1. The Morgan fingerprint density at radius 3 is 2.55 bits per heavy atom. The molecule has 4 aromatic rings. The molecule has 7 heteroatoms. The predicted octanol–water partition coefficient (Wildman–Crippen LogP) is 6.19. The molecule has 1 amide bonds. The van der Waals surface area contributed by atoms with Gasteiger partial charge in [-0.25, -0.2) is 0 Å². The van der Waals surface area contributed by atoms with Crippen LogP contribution in [0.1, 0.15) is 70.5 Å². The van der Waals surface area contributed by atoms with Crippen molar-refractivity contribution in [1.29, 1.82) is 0 Å². The summed E-state index contributed by atoms with van der Waals surface area (Å²) in [6.45, 7) is 4.37. The molecule has 2 aromatic heterocycles. The van der Waals surface area contributed by atoms with E-state index in [1.54, 1.807) is 13.3 Å². The second-order valence-corrected chi connectivity index (χ2v) is 11.9. The van der Waals surface area contributed by atoms with Crippen LogP contribution in [0.2, 0.25) is 0 Å². The van der Waals surface area contributed by atoms with E-state index in [1.807, 2.05) is 54.7 Å². The van der Waals surface area contributed by atoms with Gasteiger partial charge in [0, 0.05) is 55.9 Å². The first-order chi connectivity index (χ1) is 20.5. The molecule has 4 heterocycles. The molecule has 0 spiro atoms. The SMILES string of the molecule is COc1cccc2c(C(=O)NCc3cccc(C)c3)cn(CCCN3[C@@H]4CC[C@H]3C[C@@H](CC(=O)c3ccccn3)C4)c12. The van der Waals surface area contributed by atoms with Gasteiger partial charge >= 0.3 is 0 Å². The molecule has 0 aliphatic carbocycles. The van der Waals surface area contributed by atoms with E-state index < -0.39 is 0 Å². The van der Waals surface area contributed by atoms with Gasteiger partial charge in [0.25, 0.3) is 5.91 Å². The molecule has 0 unspecified atom stereocenters. The van der Waals surface area contributed by atoms with Crippen molar-refractivity contribution in [2.24, 2.45) is 5.92 Å². The zero-order valence-corrected chi connectivity index (χ0v) is 24.6. The van der Waals surface area contributed by atoms with Crippen LogP contribution in [0.25, 0.3) is 10.9 Å². The van der Waals surface area contributed by atoms with Gasteiger partial charge in [-0.15, -0.1) is 0 Å². The maximum Gasteiger partial charge on any atom is 0.253 e. The lowest BCUT2D eigenvalue weighted by Crippen LogP contribution is -2.43. The first kappa shape index (κ1) is 28.2. The minimum absolute atomic E-state index is 0.0751. The van der Waals surface area contributed by atoms with Crippen LogP contribution in [0.5, 0.6) is 5.75 Å². The van der Waals surface area contributed by atoms with Crippen molar-refractivity contribution in [3.63, 3.8) is 0 Å². The van der Waals surface area contributed by atoms with Gasteiger partial charge in [-0.2, -0.15) is 0 Å². The van der Waals surface area contributed by atoms with Crippen LogP contribution in [-0.2, 0) is 13.1 Å². The van der Waals surface area contributed by atoms with Crippen molar-refractivity contribution in [3.05, 3.63) is 95.4 Å². The van der Waals surface area contributed by atoms with Crippen molar-refractivity contribution in [3.8, 4) is 5.75 Å². The number of carbonyl (C=O) groups is 2. The lowest BCUT2D eigenvalue weighted by Gasteiger charge is -2.39. The van der Waals surface area contributed by atoms with Crippen LogP contribution in [0, 0.1) is 12.8 Å². The topological polar surface area (TPSA) is 76.5 Å². The summed E-state index contributed by atoms with van der Waals surface area (Å²) >= 11 is 0. The standard InChI is InChI=1S/C35H40N4O3/c1-24-8-5-9-25(18-24)22-37-35(41)30-23-38(34-29(30)10-6-12-33(34)42-2)16-7-17-39-27-13-14-28(39)20-26(19-27)21-32(40)31-11-3-4-15-36-31/h3-6,8-12,15,18,23,26-28H,7,13-14,16-17,19-22H2,1-2H3,(H,37,41)/t26-,27+,28-. The molecule has 2 bridgehead atoms. The zero-order chi connectivity index (χ0) is 29.1. The minimum Gasteiger partial charge on any atom is -0.495 e. The average molecular weight is 565 g/mol. The Morgan fingerprint density at radius 2 is 1.81 bits per heavy atom. The predicted molar refractivity (Wildman–Crippen MR) is 165 cm³/mol. The molecule has 218 valence electrons. The molecule has 2 aromatic carbocycles. The van der Waals surface area contributed by atoms with E-state index in [2.05, 4.69) is 38.8 Å². The monoisotopic (exact) mass is 564 g/mol. The number of methoxy groups -OCH3 is 1. The summed E-state index contributed by atoms with van der Waals surface area (Å²) < 4.78 is 7.91. The van der Waals surface area contributed by atoms with Gasteiger partial charge in [-0.05, 0) is 68.7 Å². The number of para-hydroxylation sites is 1. The first-order valence-electron chi connectivity index (χ1n) is 15.2. The van der Waals surface area contributed by atoms with E-state index in [0.29, 0.717) is 42.2 Å². The molecule has 0 saturated carbocycles. The summed E-state index contributed by atoms with van der Waals surface area (Å²) in [7, 11) is 1.68. The van der Waals surface area contributed by atoms with Gasteiger partial charge in [0.05, 0.1) is 18.2 Å². The molecule has 42 heavy (non-hydrogen) atoms. The van der Waals surface area contributed by atoms with Crippen LogP contribution in [0.3, 0.4) is 0 Å². The number of hydrogen-bond acceptors (Lipinski definition) is 5. The highest BCUT2D eigenvalue weighted by molar-refractivity contribution is 6.08. The highest BCUT2D eigenvalue weighted by Crippen LogP contribution is 2.40. The van der Waals surface area contributed by atoms with Gasteiger partial charge in [0.1, 0.15) is 11.4 Å². The Hall–Kier alpha value is -3.97. The number of pyridine rings is 1. The highest BCUT2D eigenvalue weighted by Gasteiger charge is 2.40. The van der Waals surface area contributed by atoms with Gasteiger partial charge in [-0.3, -0.25) is 19.5 Å². The van der Waals surface area contributed by atoms with Crippen molar-refractivity contribution >= 4 is 22.6 Å². The maximum absolute atomic E-state index is 13.3. The van der Waals surface area contributed by atoms with Gasteiger partial charge < -0.3 is 14.6 Å². The normalized spacial score (nSPS) is 20.1. The molecule has 2 fully saturated rings. The minimum atomic E-state index is -0.0751. The Balaban J connectivity index is 1.10. The van der Waals surface area contributed by atoms with Gasteiger partial charge in [0.15, 0.2) is 5.78 Å². The third-order valence-electron chi connectivity index (χ3n) is 9.08. The molecule has 2 aliphatic heterocycles. The molecular weight excluding hydrogens is 524 g/mol. The molecule has 2 saturated heterocycles. The van der Waals surface area contributed by atoms with Gasteiger partial charge in [-0.1, -0.05) is 48.0 Å². The summed E-state index contributed by atoms with van der Waals surface area (Å²) in [5.41, 5.74) is 4.50. The molecular formula is C35H40N4O3. The quantitative estimate of drug-likeness (QED) is 0.220. The number of carbonyl (C=O) groups excluding carboxylic acids is 2. The summed E-state index contributed by atoms with van der Waals surface area (Å²) in [6.07, 6.45) is 9.86. The number of benzene rings is 2. The van der Waals surface area contributed by atoms with Crippen molar-refractivity contribution in [2.75, 3.05) is 13.7 Å². The number of aromatic nitrogens is 2. The lowest BCUT2D eigenvalue weighted by molar-refractivity contribution is 0.0803. The highest BCUT2D eigenvalue weighted by atomic mass is 16.5. The molecule has 1 N–H and O–H groups in total. The van der Waals surface area contributed by atoms with E-state index in [9.17, 15) is 9.59 Å². The Kier molecular flexibility index (Phi) is 8.38. The summed E-state index contributed by atoms with van der Waals surface area (Å²) in [5, 5.41) is 4.02. The number of ether oxygens (including phenoxy) is 1. The number of hydrogen-bond donors (Lipinski definition) is 1. The second kappa shape index (κ2) is 12.5. The van der Waals surface area contributed by atoms with Gasteiger partial charge in [0.2, 0.25) is 0 Å². The average Bonchev–Trinajstić information content (AvgIpc) is 3.49. The van der Waals surface area contributed by atoms with Crippen LogP contribution in [0.4, 0.5) is 0 Å². The van der Waals surface area contributed by atoms with E-state index >= 15 is 0 Å². The fraction of sp³-hybridized carbons (Fsp3) is 0.400. The molecule has 7 nitrogen and oxygen atoms in total. The third-order valence-corrected chi connectivity index (χ3v) is 9.08. The number of piperidine rings is 1. The van der Waals surface area contributed by atoms with E-state index in [0.717, 1.165) is 54.6 Å². The molecule has 6 rings (SSSR count). The molecule has 2 aliphatic rings. The Morgan fingerprint density at radius 1 is 1.00 bits per heavy atom. The number of fused-ring (bicyclic) bond motifs is 3. The second-order valence-electron chi connectivity index (χ2n) is 11.9. The smallest absolute Gasteiger partial charge is 0.253 e. The van der Waals surface area contributed by atoms with Crippen LogP contribution < -0.4 is 10.1 Å². The van der Waals surface area contributed by atoms with E-state index in [-0.39, 0.29) is 11.7 Å². The fourth-order valence-corrected chi connectivity index (χ4v) is 7.18. The number of Topliss-reactive ketones (excluding diaryl/α,β-unsaturated/α-hetero) is 1. The Bertz CT molecular complexity index is 1550. The van der Waals surface area contributed by atoms with Crippen LogP contribution in [0.15, 0.2) is 73.1 Å². The van der Waals surface area contributed by atoms with Crippen LogP contribution in [-0.4, -0.2) is 51.9 Å². The molecule has 0 radical (unpaired) electrons. The third kappa shape index (κ3) is 5.97. The summed E-state index contributed by atoms with van der Waals surface area (Å²) in [4.78, 5) is 33.1. The Labute approximate surface area is 247 Å². The maximum atomic E-state index is 13.3. The number of rotatable bonds is 11. The number of amides is 1.